The van der Waals surface area contributed by atoms with Crippen LogP contribution < -0.4 is 0 Å². The molecular weight excluding hydrogens is 462 g/mol. The first-order valence-corrected chi connectivity index (χ1v) is 16.7. The predicted octanol–water partition coefficient (Wildman–Crippen LogP) is 6.90. The normalized spacial score (nSPS) is 23.0. The van der Waals surface area contributed by atoms with E-state index >= 15 is 0 Å². The first-order valence-electron chi connectivity index (χ1n) is 13.8. The van der Waals surface area contributed by atoms with Crippen LogP contribution in [0.25, 0.3) is 0 Å². The van der Waals surface area contributed by atoms with Gasteiger partial charge in [0.1, 0.15) is 0 Å². The number of urea groups is 1. The number of rotatable bonds is 10. The molecule has 0 bridgehead atoms. The number of carbonyl (C=O) groups is 1. The number of hydrazine groups is 1. The molecule has 1 aromatic carbocycles. The van der Waals surface area contributed by atoms with Crippen molar-refractivity contribution in [3.8, 4) is 0 Å². The lowest BCUT2D eigenvalue weighted by molar-refractivity contribution is -0.0139. The van der Waals surface area contributed by atoms with Crippen molar-refractivity contribution in [3.63, 3.8) is 0 Å². The topological polar surface area (TPSA) is 36.0 Å². The molecule has 5 nitrogen and oxygen atoms in total. The van der Waals surface area contributed by atoms with Crippen LogP contribution >= 0.6 is 0 Å². The van der Waals surface area contributed by atoms with E-state index < -0.39 is 8.32 Å². The minimum Gasteiger partial charge on any atom is -0.410 e. The maximum absolute atomic E-state index is 14.2. The summed E-state index contributed by atoms with van der Waals surface area (Å²) in [5.41, 5.74) is 1.23. The van der Waals surface area contributed by atoms with Gasteiger partial charge in [-0.15, -0.1) is 13.2 Å². The highest BCUT2D eigenvalue weighted by Crippen LogP contribution is 2.39. The summed E-state index contributed by atoms with van der Waals surface area (Å²) in [4.78, 5) is 16.2. The fourth-order valence-electron chi connectivity index (χ4n) is 5.32. The van der Waals surface area contributed by atoms with Gasteiger partial charge in [-0.2, -0.15) is 0 Å². The number of amides is 2. The Kier molecular flexibility index (Phi) is 10.0. The second kappa shape index (κ2) is 12.6. The fourth-order valence-corrected chi connectivity index (χ4v) is 6.66. The first-order chi connectivity index (χ1) is 17.1. The second-order valence-corrected chi connectivity index (χ2v) is 16.9. The van der Waals surface area contributed by atoms with Gasteiger partial charge in [0.25, 0.3) is 0 Å². The lowest BCUT2D eigenvalue weighted by Crippen LogP contribution is -2.54. The molecule has 6 heteroatoms. The SMILES string of the molecule is C=CCN1C(=O)N(CC=C)N(CC2CCCCC2)C[C@H](O[Si](C)(C)C(C)(C)C)[C@@H]1Cc1ccccc1. The average molecular weight is 512 g/mol. The van der Waals surface area contributed by atoms with Gasteiger partial charge in [0.2, 0.25) is 0 Å². The van der Waals surface area contributed by atoms with Gasteiger partial charge in [0, 0.05) is 19.6 Å². The van der Waals surface area contributed by atoms with Crippen LogP contribution in [0.1, 0.15) is 58.4 Å². The molecule has 1 aromatic rings. The maximum atomic E-state index is 14.2. The zero-order valence-corrected chi connectivity index (χ0v) is 24.4. The molecule has 2 fully saturated rings. The number of hydrogen-bond acceptors (Lipinski definition) is 3. The van der Waals surface area contributed by atoms with E-state index in [0.717, 1.165) is 13.0 Å². The molecule has 2 aliphatic rings. The maximum Gasteiger partial charge on any atom is 0.335 e. The molecule has 1 aliphatic carbocycles. The van der Waals surface area contributed by atoms with Crippen molar-refractivity contribution in [3.05, 3.63) is 61.2 Å². The highest BCUT2D eigenvalue weighted by Gasteiger charge is 2.46. The van der Waals surface area contributed by atoms with Gasteiger partial charge in [-0.3, -0.25) is 5.01 Å². The summed E-state index contributed by atoms with van der Waals surface area (Å²) in [5, 5.41) is 4.32. The molecule has 3 rings (SSSR count). The monoisotopic (exact) mass is 511 g/mol. The third-order valence-corrected chi connectivity index (χ3v) is 12.9. The summed E-state index contributed by atoms with van der Waals surface area (Å²) in [7, 11) is -2.10. The Hall–Kier alpha value is -1.89. The third kappa shape index (κ3) is 7.11. The Morgan fingerprint density at radius 3 is 2.25 bits per heavy atom. The number of hydrogen-bond donors (Lipinski definition) is 0. The van der Waals surface area contributed by atoms with Crippen LogP contribution in [0, 0.1) is 5.92 Å². The van der Waals surface area contributed by atoms with Crippen molar-refractivity contribution in [2.75, 3.05) is 26.2 Å². The molecule has 0 radical (unpaired) electrons. The molecule has 0 unspecified atom stereocenters. The first kappa shape index (κ1) is 28.7. The summed E-state index contributed by atoms with van der Waals surface area (Å²) in [6.45, 7) is 22.1. The summed E-state index contributed by atoms with van der Waals surface area (Å²) in [6, 6.07) is 10.5. The average Bonchev–Trinajstić information content (AvgIpc) is 2.92. The van der Waals surface area contributed by atoms with E-state index in [9.17, 15) is 4.79 Å². The predicted molar refractivity (Wildman–Crippen MR) is 153 cm³/mol. The Morgan fingerprint density at radius 2 is 1.67 bits per heavy atom. The van der Waals surface area contributed by atoms with Gasteiger partial charge >= 0.3 is 6.03 Å². The molecule has 200 valence electrons. The quantitative estimate of drug-likeness (QED) is 0.253. The molecule has 2 atom stereocenters. The van der Waals surface area contributed by atoms with Gasteiger partial charge in [0.05, 0.1) is 18.7 Å². The fraction of sp³-hybridized carbons (Fsp3) is 0.633. The number of carbonyl (C=O) groups excluding carboxylic acids is 1. The van der Waals surface area contributed by atoms with Crippen LogP contribution in [0.5, 0.6) is 0 Å². The molecule has 1 saturated heterocycles. The number of benzene rings is 1. The van der Waals surface area contributed by atoms with E-state index in [-0.39, 0.29) is 23.2 Å². The summed E-state index contributed by atoms with van der Waals surface area (Å²) in [5.74, 6) is 0.617. The zero-order valence-electron chi connectivity index (χ0n) is 23.4. The lowest BCUT2D eigenvalue weighted by Gasteiger charge is -2.43. The van der Waals surface area contributed by atoms with Crippen LogP contribution in [0.3, 0.4) is 0 Å². The summed E-state index contributed by atoms with van der Waals surface area (Å²) in [6.07, 6.45) is 10.8. The van der Waals surface area contributed by atoms with Crippen molar-refractivity contribution in [2.24, 2.45) is 5.92 Å². The van der Waals surface area contributed by atoms with Gasteiger partial charge in [-0.25, -0.2) is 9.80 Å². The molecule has 0 spiro atoms. The minimum atomic E-state index is -2.10. The molecular formula is C30H49N3O2Si. The van der Waals surface area contributed by atoms with Gasteiger partial charge < -0.3 is 9.33 Å². The van der Waals surface area contributed by atoms with Gasteiger partial charge in [-0.05, 0) is 48.9 Å². The molecule has 1 saturated carbocycles. The van der Waals surface area contributed by atoms with E-state index in [1.165, 1.54) is 37.7 Å². The van der Waals surface area contributed by atoms with E-state index in [4.69, 9.17) is 4.43 Å². The molecule has 1 heterocycles. The van der Waals surface area contributed by atoms with Crippen molar-refractivity contribution in [1.29, 1.82) is 0 Å². The molecule has 0 N–H and O–H groups in total. The van der Waals surface area contributed by atoms with Crippen LogP contribution in [-0.4, -0.2) is 67.6 Å². The van der Waals surface area contributed by atoms with Crippen molar-refractivity contribution < 1.29 is 9.22 Å². The van der Waals surface area contributed by atoms with Crippen molar-refractivity contribution in [2.45, 2.75) is 89.6 Å². The standard InChI is InChI=1S/C30H49N3O2Si/c1-8-20-32-27(22-25-16-12-10-13-17-25)28(35-36(6,7)30(3,4)5)24-31(33(21-9-2)29(32)34)23-26-18-14-11-15-19-26/h8-10,12-13,16-17,26-28H,1-2,11,14-15,18-24H2,3-7H3/t27-,28-/m0/s1. The minimum absolute atomic E-state index is 0.0351. The van der Waals surface area contributed by atoms with E-state index in [1.807, 2.05) is 28.1 Å². The highest BCUT2D eigenvalue weighted by atomic mass is 28.4. The molecule has 2 amide bonds. The summed E-state index contributed by atoms with van der Waals surface area (Å²) >= 11 is 0. The van der Waals surface area contributed by atoms with Gasteiger partial charge in [0.15, 0.2) is 8.32 Å². The van der Waals surface area contributed by atoms with Crippen molar-refractivity contribution in [1.82, 2.24) is 14.9 Å². The Morgan fingerprint density at radius 1 is 1.03 bits per heavy atom. The second-order valence-electron chi connectivity index (χ2n) is 12.1. The highest BCUT2D eigenvalue weighted by molar-refractivity contribution is 6.74. The van der Waals surface area contributed by atoms with Crippen molar-refractivity contribution >= 4 is 14.3 Å². The van der Waals surface area contributed by atoms with Gasteiger partial charge in [-0.1, -0.05) is 82.5 Å². The number of nitrogens with zero attached hydrogens (tertiary/aromatic N) is 3. The Bertz CT molecular complexity index is 861. The molecule has 0 aromatic heterocycles. The largest absolute Gasteiger partial charge is 0.410 e. The smallest absolute Gasteiger partial charge is 0.335 e. The molecule has 36 heavy (non-hydrogen) atoms. The third-order valence-electron chi connectivity index (χ3n) is 8.39. The molecule has 1 aliphatic heterocycles. The Labute approximate surface area is 221 Å². The van der Waals surface area contributed by atoms with Crippen LogP contribution in [-0.2, 0) is 10.8 Å². The van der Waals surface area contributed by atoms with Crippen LogP contribution in [0.4, 0.5) is 4.79 Å². The Balaban J connectivity index is 2.04. The van der Waals surface area contributed by atoms with E-state index in [0.29, 0.717) is 25.6 Å². The van der Waals surface area contributed by atoms with Crippen LogP contribution in [0.15, 0.2) is 55.6 Å². The van der Waals surface area contributed by atoms with Crippen LogP contribution in [0.2, 0.25) is 18.1 Å². The zero-order chi connectivity index (χ0) is 26.3. The van der Waals surface area contributed by atoms with E-state index in [1.54, 1.807) is 0 Å². The summed E-state index contributed by atoms with van der Waals surface area (Å²) < 4.78 is 7.20. The lowest BCUT2D eigenvalue weighted by atomic mass is 9.89. The van der Waals surface area contributed by atoms with E-state index in [2.05, 4.69) is 76.3 Å².